The van der Waals surface area contributed by atoms with Crippen LogP contribution in [-0.2, 0) is 18.5 Å². The summed E-state index contributed by atoms with van der Waals surface area (Å²) in [5, 5.41) is 5.54. The molecule has 0 heterocycles. The molecule has 1 unspecified atom stereocenters. The highest BCUT2D eigenvalue weighted by Crippen LogP contribution is 2.54. The van der Waals surface area contributed by atoms with Crippen LogP contribution in [0.3, 0.4) is 0 Å². The van der Waals surface area contributed by atoms with Crippen molar-refractivity contribution in [3.8, 4) is 0 Å². The lowest BCUT2D eigenvalue weighted by Gasteiger charge is -2.31. The van der Waals surface area contributed by atoms with E-state index >= 15 is 0 Å². The standard InChI is InChI=1S/C22H19F7N2O2/c1-3-12-10-15(20(23,21(24,25)26)22(27,28)29)8-11(2)18(12)30-19(32)14-4-6-16-13(9-14)5-7-17(16)31-33/h4,6,8-10,17H,3,5,7H2,1-2H3,(H,30,32). The number of nitrogens with zero attached hydrogens (tertiary/aromatic N) is 1. The number of carbonyl (C=O) groups excluding carboxylic acids is 1. The van der Waals surface area contributed by atoms with Crippen molar-refractivity contribution in [1.82, 2.24) is 0 Å². The number of nitroso groups, excluding NO2 is 1. The third-order valence-corrected chi connectivity index (χ3v) is 5.79. The highest BCUT2D eigenvalue weighted by atomic mass is 19.4. The van der Waals surface area contributed by atoms with Crippen LogP contribution in [0.4, 0.5) is 36.4 Å². The Morgan fingerprint density at radius 1 is 1.06 bits per heavy atom. The minimum atomic E-state index is -6.23. The molecule has 3 rings (SSSR count). The molecule has 1 aliphatic rings. The van der Waals surface area contributed by atoms with E-state index in [0.29, 0.717) is 30.5 Å². The Morgan fingerprint density at radius 3 is 2.24 bits per heavy atom. The molecule has 0 bridgehead atoms. The maximum atomic E-state index is 14.5. The molecule has 1 atom stereocenters. The number of fused-ring (bicyclic) bond motifs is 1. The quantitative estimate of drug-likeness (QED) is 0.379. The van der Waals surface area contributed by atoms with Crippen LogP contribution in [0.25, 0.3) is 0 Å². The summed E-state index contributed by atoms with van der Waals surface area (Å²) in [5.74, 6) is -0.649. The van der Waals surface area contributed by atoms with E-state index in [1.54, 1.807) is 12.1 Å². The van der Waals surface area contributed by atoms with Gasteiger partial charge in [0, 0.05) is 16.8 Å². The topological polar surface area (TPSA) is 58.5 Å². The molecule has 0 saturated heterocycles. The molecule has 2 aromatic carbocycles. The fourth-order valence-corrected chi connectivity index (χ4v) is 4.04. The summed E-state index contributed by atoms with van der Waals surface area (Å²) >= 11 is 0. The second-order valence-corrected chi connectivity index (χ2v) is 7.86. The first-order valence-corrected chi connectivity index (χ1v) is 9.97. The van der Waals surface area contributed by atoms with E-state index < -0.39 is 35.5 Å². The van der Waals surface area contributed by atoms with Crippen LogP contribution >= 0.6 is 0 Å². The van der Waals surface area contributed by atoms with Gasteiger partial charge in [-0.05, 0) is 66.6 Å². The van der Waals surface area contributed by atoms with E-state index in [1.807, 2.05) is 0 Å². The normalized spacial score (nSPS) is 16.5. The molecule has 33 heavy (non-hydrogen) atoms. The Labute approximate surface area is 184 Å². The van der Waals surface area contributed by atoms with Crippen molar-refractivity contribution in [1.29, 1.82) is 0 Å². The number of rotatable bonds is 5. The van der Waals surface area contributed by atoms with Gasteiger partial charge < -0.3 is 5.32 Å². The van der Waals surface area contributed by atoms with Gasteiger partial charge in [0.15, 0.2) is 0 Å². The first-order chi connectivity index (χ1) is 15.2. The van der Waals surface area contributed by atoms with E-state index in [9.17, 15) is 40.4 Å². The van der Waals surface area contributed by atoms with Crippen molar-refractivity contribution in [2.45, 2.75) is 57.2 Å². The number of benzene rings is 2. The second-order valence-electron chi connectivity index (χ2n) is 7.86. The number of alkyl halides is 7. The summed E-state index contributed by atoms with van der Waals surface area (Å²) in [6.07, 6.45) is -11.5. The Kier molecular flexibility index (Phi) is 6.29. The van der Waals surface area contributed by atoms with E-state index in [-0.39, 0.29) is 28.8 Å². The Hall–Kier alpha value is -2.98. The molecule has 4 nitrogen and oxygen atoms in total. The van der Waals surface area contributed by atoms with Gasteiger partial charge in [-0.15, -0.1) is 0 Å². The fourth-order valence-electron chi connectivity index (χ4n) is 4.04. The molecule has 0 aliphatic heterocycles. The van der Waals surface area contributed by atoms with Crippen molar-refractivity contribution in [3.05, 3.63) is 68.6 Å². The van der Waals surface area contributed by atoms with Crippen molar-refractivity contribution in [2.24, 2.45) is 5.18 Å². The van der Waals surface area contributed by atoms with Crippen molar-refractivity contribution >= 4 is 11.6 Å². The first kappa shape index (κ1) is 24.7. The molecular weight excluding hydrogens is 457 g/mol. The van der Waals surface area contributed by atoms with Crippen LogP contribution in [0.1, 0.15) is 57.6 Å². The molecular formula is C22H19F7N2O2. The smallest absolute Gasteiger partial charge is 0.321 e. The van der Waals surface area contributed by atoms with Gasteiger partial charge in [0.25, 0.3) is 5.91 Å². The Bertz CT molecular complexity index is 1080. The van der Waals surface area contributed by atoms with Gasteiger partial charge in [0.2, 0.25) is 0 Å². The number of anilines is 1. The van der Waals surface area contributed by atoms with E-state index in [2.05, 4.69) is 10.5 Å². The monoisotopic (exact) mass is 476 g/mol. The molecule has 2 aromatic rings. The number of aryl methyl sites for hydroxylation is 3. The fraction of sp³-hybridized carbons (Fsp3) is 0.409. The Morgan fingerprint density at radius 2 is 1.70 bits per heavy atom. The van der Waals surface area contributed by atoms with E-state index in [4.69, 9.17) is 0 Å². The molecule has 0 saturated carbocycles. The third-order valence-electron chi connectivity index (χ3n) is 5.79. The number of nitrogens with one attached hydrogen (secondary N) is 1. The van der Waals surface area contributed by atoms with E-state index in [0.717, 1.165) is 5.56 Å². The minimum absolute atomic E-state index is 0.00545. The highest BCUT2D eigenvalue weighted by Gasteiger charge is 2.73. The maximum absolute atomic E-state index is 14.5. The summed E-state index contributed by atoms with van der Waals surface area (Å²) in [5.41, 5.74) is -5.73. The SMILES string of the molecule is CCc1cc(C(F)(C(F)(F)F)C(F)(F)F)cc(C)c1NC(=O)c1ccc2c(c1)CCC2N=O. The number of amides is 1. The van der Waals surface area contributed by atoms with Gasteiger partial charge in [-0.1, -0.05) is 24.2 Å². The Balaban J connectivity index is 1.99. The zero-order valence-corrected chi connectivity index (χ0v) is 17.5. The maximum Gasteiger partial charge on any atom is 0.435 e. The van der Waals surface area contributed by atoms with Gasteiger partial charge >= 0.3 is 18.0 Å². The van der Waals surface area contributed by atoms with Crippen molar-refractivity contribution in [3.63, 3.8) is 0 Å². The van der Waals surface area contributed by atoms with Gasteiger partial charge in [-0.3, -0.25) is 4.79 Å². The van der Waals surface area contributed by atoms with Crippen molar-refractivity contribution in [2.75, 3.05) is 5.32 Å². The molecule has 0 fully saturated rings. The lowest BCUT2D eigenvalue weighted by atomic mass is 9.89. The van der Waals surface area contributed by atoms with Crippen LogP contribution in [0, 0.1) is 11.8 Å². The molecule has 0 spiro atoms. The second kappa shape index (κ2) is 8.42. The number of hydrogen-bond acceptors (Lipinski definition) is 3. The largest absolute Gasteiger partial charge is 0.435 e. The average Bonchev–Trinajstić information content (AvgIpc) is 3.14. The molecule has 0 aromatic heterocycles. The summed E-state index contributed by atoms with van der Waals surface area (Å²) in [6.45, 7) is 2.64. The lowest BCUT2D eigenvalue weighted by Crippen LogP contribution is -2.50. The molecule has 1 N–H and O–H groups in total. The number of hydrogen-bond donors (Lipinski definition) is 1. The van der Waals surface area contributed by atoms with Crippen LogP contribution < -0.4 is 5.32 Å². The molecule has 1 amide bonds. The third kappa shape index (κ3) is 4.20. The van der Waals surface area contributed by atoms with Crippen LogP contribution in [0.15, 0.2) is 35.5 Å². The highest BCUT2D eigenvalue weighted by molar-refractivity contribution is 6.05. The van der Waals surface area contributed by atoms with Crippen LogP contribution in [-0.4, -0.2) is 18.3 Å². The summed E-state index contributed by atoms with van der Waals surface area (Å²) < 4.78 is 93.5. The van der Waals surface area contributed by atoms with Gasteiger partial charge in [0.05, 0.1) is 0 Å². The summed E-state index contributed by atoms with van der Waals surface area (Å²) in [6, 6.07) is 5.02. The van der Waals surface area contributed by atoms with Gasteiger partial charge in [-0.25, -0.2) is 4.39 Å². The van der Waals surface area contributed by atoms with Crippen LogP contribution in [0.2, 0.25) is 0 Å². The number of carbonyl (C=O) groups is 1. The molecule has 178 valence electrons. The number of halogens is 7. The zero-order valence-electron chi connectivity index (χ0n) is 17.5. The lowest BCUT2D eigenvalue weighted by molar-refractivity contribution is -0.348. The molecule has 0 radical (unpaired) electrons. The summed E-state index contributed by atoms with van der Waals surface area (Å²) in [4.78, 5) is 23.6. The van der Waals surface area contributed by atoms with E-state index in [1.165, 1.54) is 19.9 Å². The zero-order chi connectivity index (χ0) is 24.8. The van der Waals surface area contributed by atoms with Crippen LogP contribution in [0.5, 0.6) is 0 Å². The van der Waals surface area contributed by atoms with Crippen molar-refractivity contribution < 1.29 is 35.5 Å². The molecule has 1 aliphatic carbocycles. The predicted molar refractivity (Wildman–Crippen MR) is 107 cm³/mol. The average molecular weight is 476 g/mol. The summed E-state index contributed by atoms with van der Waals surface area (Å²) in [7, 11) is 0. The van der Waals surface area contributed by atoms with Gasteiger partial charge in [0.1, 0.15) is 6.04 Å². The van der Waals surface area contributed by atoms with Gasteiger partial charge in [-0.2, -0.15) is 31.2 Å². The minimum Gasteiger partial charge on any atom is -0.321 e. The first-order valence-electron chi connectivity index (χ1n) is 9.97. The molecule has 11 heteroatoms. The predicted octanol–water partition coefficient (Wildman–Crippen LogP) is 6.85.